The predicted molar refractivity (Wildman–Crippen MR) is 65.7 cm³/mol. The number of methoxy groups -OCH3 is 1. The molecule has 90 valence electrons. The van der Waals surface area contributed by atoms with Gasteiger partial charge in [0.2, 0.25) is 0 Å². The summed E-state index contributed by atoms with van der Waals surface area (Å²) >= 11 is 3.47. The normalized spacial score (nSPS) is 10.5. The number of aliphatic hydroxyl groups is 1. The van der Waals surface area contributed by atoms with Gasteiger partial charge in [0.15, 0.2) is 5.82 Å². The number of rotatable bonds is 4. The standard InChI is InChI=1S/C11H12BrN3O2/c1-17-9-2-3-10(12)8(4-9)5-15-11(6-16)13-7-14-15/h2-4,7,16H,5-6H2,1H3. The fourth-order valence-electron chi connectivity index (χ4n) is 1.50. The number of aromatic nitrogens is 3. The summed E-state index contributed by atoms with van der Waals surface area (Å²) in [5, 5.41) is 13.2. The summed E-state index contributed by atoms with van der Waals surface area (Å²) in [6.07, 6.45) is 1.43. The number of benzene rings is 1. The number of hydrogen-bond donors (Lipinski definition) is 1. The van der Waals surface area contributed by atoms with E-state index in [0.29, 0.717) is 12.4 Å². The first kappa shape index (κ1) is 12.1. The molecule has 0 saturated carbocycles. The lowest BCUT2D eigenvalue weighted by Gasteiger charge is -2.08. The van der Waals surface area contributed by atoms with Crippen molar-refractivity contribution in [2.75, 3.05) is 7.11 Å². The highest BCUT2D eigenvalue weighted by Crippen LogP contribution is 2.23. The summed E-state index contributed by atoms with van der Waals surface area (Å²) in [6.45, 7) is 0.412. The molecule has 0 fully saturated rings. The van der Waals surface area contributed by atoms with Crippen LogP contribution in [0.5, 0.6) is 5.75 Å². The second-order valence-corrected chi connectivity index (χ2v) is 4.30. The van der Waals surface area contributed by atoms with Crippen molar-refractivity contribution in [1.29, 1.82) is 0 Å². The second-order valence-electron chi connectivity index (χ2n) is 3.45. The number of hydrogen-bond acceptors (Lipinski definition) is 4. The average Bonchev–Trinajstić information content (AvgIpc) is 2.79. The van der Waals surface area contributed by atoms with E-state index in [1.165, 1.54) is 6.33 Å². The molecule has 1 heterocycles. The van der Waals surface area contributed by atoms with Crippen molar-refractivity contribution < 1.29 is 9.84 Å². The Hall–Kier alpha value is -1.40. The second kappa shape index (κ2) is 5.29. The molecule has 0 bridgehead atoms. The van der Waals surface area contributed by atoms with Crippen molar-refractivity contribution in [3.05, 3.63) is 40.4 Å². The molecule has 1 aromatic carbocycles. The smallest absolute Gasteiger partial charge is 0.152 e. The lowest BCUT2D eigenvalue weighted by atomic mass is 10.2. The molecule has 2 aromatic rings. The van der Waals surface area contributed by atoms with Crippen LogP contribution in [0.2, 0.25) is 0 Å². The third-order valence-corrected chi connectivity index (χ3v) is 3.18. The van der Waals surface area contributed by atoms with E-state index in [1.54, 1.807) is 11.8 Å². The van der Waals surface area contributed by atoms with Crippen LogP contribution < -0.4 is 4.74 Å². The number of halogens is 1. The summed E-state index contributed by atoms with van der Waals surface area (Å²) in [7, 11) is 1.63. The maximum Gasteiger partial charge on any atom is 0.152 e. The summed E-state index contributed by atoms with van der Waals surface area (Å²) in [5.74, 6) is 1.33. The van der Waals surface area contributed by atoms with Crippen LogP contribution in [0.3, 0.4) is 0 Å². The van der Waals surface area contributed by atoms with Crippen LogP contribution in [0.1, 0.15) is 11.4 Å². The molecule has 0 unspecified atom stereocenters. The van der Waals surface area contributed by atoms with Crippen LogP contribution in [0, 0.1) is 0 Å². The molecular weight excluding hydrogens is 286 g/mol. The van der Waals surface area contributed by atoms with E-state index in [-0.39, 0.29) is 6.61 Å². The molecule has 0 spiro atoms. The molecule has 6 heteroatoms. The highest BCUT2D eigenvalue weighted by molar-refractivity contribution is 9.10. The van der Waals surface area contributed by atoms with Crippen LogP contribution in [-0.2, 0) is 13.2 Å². The van der Waals surface area contributed by atoms with Crippen molar-refractivity contribution in [2.45, 2.75) is 13.2 Å². The van der Waals surface area contributed by atoms with Crippen molar-refractivity contribution in [1.82, 2.24) is 14.8 Å². The minimum Gasteiger partial charge on any atom is -0.497 e. The summed E-state index contributed by atoms with van der Waals surface area (Å²) in [4.78, 5) is 3.96. The Labute approximate surface area is 107 Å². The maximum atomic E-state index is 9.10. The molecule has 0 amide bonds. The number of nitrogens with zero attached hydrogens (tertiary/aromatic N) is 3. The molecule has 0 atom stereocenters. The number of aliphatic hydroxyl groups excluding tert-OH is 1. The molecular formula is C11H12BrN3O2. The Bertz CT molecular complexity index is 513. The molecule has 0 aliphatic carbocycles. The van der Waals surface area contributed by atoms with Crippen LogP contribution >= 0.6 is 15.9 Å². The van der Waals surface area contributed by atoms with E-state index in [2.05, 4.69) is 26.0 Å². The average molecular weight is 298 g/mol. The van der Waals surface area contributed by atoms with Gasteiger partial charge in [-0.25, -0.2) is 9.67 Å². The predicted octanol–water partition coefficient (Wildman–Crippen LogP) is 1.59. The van der Waals surface area contributed by atoms with Gasteiger partial charge >= 0.3 is 0 Å². The Morgan fingerprint density at radius 3 is 3.00 bits per heavy atom. The third-order valence-electron chi connectivity index (χ3n) is 2.41. The van der Waals surface area contributed by atoms with Gasteiger partial charge in [-0.3, -0.25) is 0 Å². The van der Waals surface area contributed by atoms with Gasteiger partial charge in [-0.05, 0) is 23.8 Å². The Morgan fingerprint density at radius 2 is 2.29 bits per heavy atom. The molecule has 17 heavy (non-hydrogen) atoms. The fraction of sp³-hybridized carbons (Fsp3) is 0.273. The minimum atomic E-state index is -0.123. The third kappa shape index (κ3) is 2.65. The first-order valence-electron chi connectivity index (χ1n) is 5.04. The van der Waals surface area contributed by atoms with Crippen molar-refractivity contribution >= 4 is 15.9 Å². The van der Waals surface area contributed by atoms with E-state index < -0.39 is 0 Å². The van der Waals surface area contributed by atoms with Gasteiger partial charge in [-0.15, -0.1) is 0 Å². The monoisotopic (exact) mass is 297 g/mol. The van der Waals surface area contributed by atoms with Gasteiger partial charge < -0.3 is 9.84 Å². The van der Waals surface area contributed by atoms with E-state index in [4.69, 9.17) is 9.84 Å². The Kier molecular flexibility index (Phi) is 3.75. The quantitative estimate of drug-likeness (QED) is 0.931. The fourth-order valence-corrected chi connectivity index (χ4v) is 1.88. The summed E-state index contributed by atoms with van der Waals surface area (Å²) in [6, 6.07) is 5.72. The van der Waals surface area contributed by atoms with Crippen molar-refractivity contribution in [2.24, 2.45) is 0 Å². The molecule has 0 saturated heterocycles. The van der Waals surface area contributed by atoms with Crippen molar-refractivity contribution in [3.63, 3.8) is 0 Å². The lowest BCUT2D eigenvalue weighted by Crippen LogP contribution is -2.07. The van der Waals surface area contributed by atoms with Gasteiger partial charge in [0.05, 0.1) is 13.7 Å². The van der Waals surface area contributed by atoms with Crippen LogP contribution in [0.4, 0.5) is 0 Å². The highest BCUT2D eigenvalue weighted by Gasteiger charge is 2.07. The lowest BCUT2D eigenvalue weighted by molar-refractivity contribution is 0.264. The topological polar surface area (TPSA) is 60.2 Å². The Balaban J connectivity index is 2.29. The zero-order chi connectivity index (χ0) is 12.3. The zero-order valence-electron chi connectivity index (χ0n) is 9.30. The Morgan fingerprint density at radius 1 is 1.47 bits per heavy atom. The van der Waals surface area contributed by atoms with Gasteiger partial charge in [-0.1, -0.05) is 15.9 Å². The molecule has 0 aliphatic heterocycles. The molecule has 2 rings (SSSR count). The van der Waals surface area contributed by atoms with Gasteiger partial charge in [0.1, 0.15) is 18.7 Å². The summed E-state index contributed by atoms with van der Waals surface area (Å²) < 4.78 is 7.79. The van der Waals surface area contributed by atoms with Gasteiger partial charge in [-0.2, -0.15) is 5.10 Å². The summed E-state index contributed by atoms with van der Waals surface area (Å²) in [5.41, 5.74) is 1.02. The van der Waals surface area contributed by atoms with E-state index in [9.17, 15) is 0 Å². The first-order chi connectivity index (χ1) is 8.24. The molecule has 0 aliphatic rings. The SMILES string of the molecule is COc1ccc(Br)c(Cn2ncnc2CO)c1. The first-order valence-corrected chi connectivity index (χ1v) is 5.84. The van der Waals surface area contributed by atoms with Crippen LogP contribution in [0.15, 0.2) is 29.0 Å². The van der Waals surface area contributed by atoms with E-state index >= 15 is 0 Å². The number of ether oxygens (including phenoxy) is 1. The largest absolute Gasteiger partial charge is 0.497 e. The maximum absolute atomic E-state index is 9.10. The molecule has 1 N–H and O–H groups in total. The van der Waals surface area contributed by atoms with Gasteiger partial charge in [0.25, 0.3) is 0 Å². The van der Waals surface area contributed by atoms with Crippen LogP contribution in [0.25, 0.3) is 0 Å². The molecule has 1 aromatic heterocycles. The minimum absolute atomic E-state index is 0.123. The van der Waals surface area contributed by atoms with Gasteiger partial charge in [0, 0.05) is 4.47 Å². The van der Waals surface area contributed by atoms with E-state index in [1.807, 2.05) is 18.2 Å². The molecule has 0 radical (unpaired) electrons. The van der Waals surface area contributed by atoms with Crippen LogP contribution in [-0.4, -0.2) is 27.0 Å². The van der Waals surface area contributed by atoms with E-state index in [0.717, 1.165) is 15.8 Å². The highest BCUT2D eigenvalue weighted by atomic mass is 79.9. The molecule has 5 nitrogen and oxygen atoms in total. The zero-order valence-corrected chi connectivity index (χ0v) is 10.9. The van der Waals surface area contributed by atoms with Crippen molar-refractivity contribution in [3.8, 4) is 5.75 Å².